The Hall–Kier alpha value is -2.64. The zero-order valence-corrected chi connectivity index (χ0v) is 17.9. The van der Waals surface area contributed by atoms with E-state index < -0.39 is 10.0 Å². The first-order chi connectivity index (χ1) is 14.5. The highest BCUT2D eigenvalue weighted by atomic mass is 32.2. The Morgan fingerprint density at radius 3 is 2.63 bits per heavy atom. The smallest absolute Gasteiger partial charge is 0.246 e. The summed E-state index contributed by atoms with van der Waals surface area (Å²) < 4.78 is 28.5. The largest absolute Gasteiger partial charge is 0.353 e. The van der Waals surface area contributed by atoms with Crippen LogP contribution in [-0.2, 0) is 17.1 Å². The molecule has 3 heterocycles. The molecule has 10 heteroatoms. The number of piperidine rings is 1. The van der Waals surface area contributed by atoms with Gasteiger partial charge in [-0.25, -0.2) is 13.4 Å². The van der Waals surface area contributed by atoms with Crippen LogP contribution in [0.25, 0.3) is 0 Å². The quantitative estimate of drug-likeness (QED) is 0.751. The third-order valence-electron chi connectivity index (χ3n) is 5.90. The SMILES string of the molecule is Cn1cc(S(=O)(=O)N2CCC(NC3=NC=C(C#N)C(=CC4CCCC4)N3)CC2)cn1. The fourth-order valence-electron chi connectivity index (χ4n) is 4.19. The van der Waals surface area contributed by atoms with Crippen molar-refractivity contribution in [3.8, 4) is 6.07 Å². The lowest BCUT2D eigenvalue weighted by Gasteiger charge is -2.32. The second-order valence-corrected chi connectivity index (χ2v) is 9.99. The molecule has 0 spiro atoms. The Morgan fingerprint density at radius 2 is 2.00 bits per heavy atom. The summed E-state index contributed by atoms with van der Waals surface area (Å²) in [5.74, 6) is 1.12. The van der Waals surface area contributed by atoms with E-state index in [4.69, 9.17) is 0 Å². The Kier molecular flexibility index (Phi) is 5.92. The Labute approximate surface area is 177 Å². The van der Waals surface area contributed by atoms with Crippen molar-refractivity contribution >= 4 is 16.0 Å². The minimum Gasteiger partial charge on any atom is -0.353 e. The molecule has 4 rings (SSSR count). The van der Waals surface area contributed by atoms with Gasteiger partial charge in [-0.05, 0) is 31.6 Å². The van der Waals surface area contributed by atoms with E-state index in [-0.39, 0.29) is 10.9 Å². The average molecular weight is 430 g/mol. The number of aliphatic imine (C=N–C) groups is 1. The van der Waals surface area contributed by atoms with Gasteiger partial charge in [0.2, 0.25) is 16.0 Å². The topological polar surface area (TPSA) is 115 Å². The van der Waals surface area contributed by atoms with Crippen molar-refractivity contribution in [1.82, 2.24) is 24.7 Å². The molecule has 0 amide bonds. The number of nitriles is 1. The number of nitrogens with zero attached hydrogens (tertiary/aromatic N) is 5. The van der Waals surface area contributed by atoms with Gasteiger partial charge in [-0.1, -0.05) is 18.9 Å². The van der Waals surface area contributed by atoms with E-state index in [1.54, 1.807) is 13.2 Å². The standard InChI is InChI=1S/C20H27N7O2S/c1-26-14-18(13-23-26)30(28,29)27-8-6-17(7-9-27)24-20-22-12-16(11-21)19(25-20)10-15-4-2-3-5-15/h10,12-15,17H,2-9H2,1H3,(H2,22,24,25). The first-order valence-electron chi connectivity index (χ1n) is 10.4. The lowest BCUT2D eigenvalue weighted by molar-refractivity contribution is 0.306. The van der Waals surface area contributed by atoms with E-state index in [0.29, 0.717) is 43.4 Å². The van der Waals surface area contributed by atoms with Gasteiger partial charge in [0.15, 0.2) is 0 Å². The molecule has 2 fully saturated rings. The van der Waals surface area contributed by atoms with Gasteiger partial charge in [0.05, 0.1) is 23.7 Å². The van der Waals surface area contributed by atoms with Gasteiger partial charge >= 0.3 is 0 Å². The van der Waals surface area contributed by atoms with E-state index >= 15 is 0 Å². The minimum absolute atomic E-state index is 0.112. The predicted molar refractivity (Wildman–Crippen MR) is 112 cm³/mol. The summed E-state index contributed by atoms with van der Waals surface area (Å²) in [6, 6.07) is 2.32. The third kappa shape index (κ3) is 4.42. The van der Waals surface area contributed by atoms with Crippen LogP contribution in [-0.4, -0.2) is 47.6 Å². The maximum atomic E-state index is 12.7. The van der Waals surface area contributed by atoms with E-state index in [1.165, 1.54) is 34.2 Å². The van der Waals surface area contributed by atoms with Crippen LogP contribution in [0, 0.1) is 17.2 Å². The first-order valence-corrected chi connectivity index (χ1v) is 11.8. The summed E-state index contributed by atoms with van der Waals surface area (Å²) in [6.45, 7) is 0.873. The van der Waals surface area contributed by atoms with Crippen LogP contribution in [0.15, 0.2) is 45.8 Å². The summed E-state index contributed by atoms with van der Waals surface area (Å²) >= 11 is 0. The van der Waals surface area contributed by atoms with E-state index in [0.717, 1.165) is 18.5 Å². The number of nitrogens with one attached hydrogen (secondary N) is 2. The molecule has 30 heavy (non-hydrogen) atoms. The van der Waals surface area contributed by atoms with Gasteiger partial charge < -0.3 is 10.6 Å². The summed E-state index contributed by atoms with van der Waals surface area (Å²) in [4.78, 5) is 4.57. The van der Waals surface area contributed by atoms with Gasteiger partial charge in [-0.2, -0.15) is 14.7 Å². The molecule has 1 saturated heterocycles. The number of hydrogen-bond acceptors (Lipinski definition) is 7. The van der Waals surface area contributed by atoms with E-state index in [9.17, 15) is 13.7 Å². The number of allylic oxidation sites excluding steroid dienone is 2. The minimum atomic E-state index is -3.51. The van der Waals surface area contributed by atoms with Crippen molar-refractivity contribution in [3.05, 3.63) is 35.9 Å². The number of hydrogen-bond donors (Lipinski definition) is 2. The molecule has 1 aromatic rings. The Bertz CT molecular complexity index is 1020. The van der Waals surface area contributed by atoms with Crippen molar-refractivity contribution in [2.75, 3.05) is 13.1 Å². The molecule has 2 aliphatic heterocycles. The van der Waals surface area contributed by atoms with Crippen molar-refractivity contribution in [1.29, 1.82) is 5.26 Å². The number of rotatable bonds is 4. The average Bonchev–Trinajstić information content (AvgIpc) is 3.41. The molecule has 2 N–H and O–H groups in total. The molecule has 0 aromatic carbocycles. The highest BCUT2D eigenvalue weighted by Crippen LogP contribution is 2.28. The molecule has 0 radical (unpaired) electrons. The van der Waals surface area contributed by atoms with Crippen molar-refractivity contribution in [2.24, 2.45) is 18.0 Å². The molecule has 1 saturated carbocycles. The normalized spacial score (nSPS) is 23.0. The van der Waals surface area contributed by atoms with Crippen molar-refractivity contribution in [3.63, 3.8) is 0 Å². The number of sulfonamides is 1. The second kappa shape index (κ2) is 8.62. The Morgan fingerprint density at radius 1 is 1.27 bits per heavy atom. The predicted octanol–water partition coefficient (Wildman–Crippen LogP) is 1.60. The van der Waals surface area contributed by atoms with Gasteiger partial charge in [-0.15, -0.1) is 0 Å². The zero-order chi connectivity index (χ0) is 21.1. The molecule has 9 nitrogen and oxygen atoms in total. The van der Waals surface area contributed by atoms with Crippen LogP contribution in [0.1, 0.15) is 38.5 Å². The molecule has 0 bridgehead atoms. The molecular weight excluding hydrogens is 402 g/mol. The lowest BCUT2D eigenvalue weighted by Crippen LogP contribution is -2.50. The third-order valence-corrected chi connectivity index (χ3v) is 7.75. The summed E-state index contributed by atoms with van der Waals surface area (Å²) in [5, 5.41) is 20.0. The van der Waals surface area contributed by atoms with Crippen LogP contribution in [0.4, 0.5) is 0 Å². The summed E-state index contributed by atoms with van der Waals surface area (Å²) in [6.07, 6.45) is 12.8. The molecule has 1 aromatic heterocycles. The van der Waals surface area contributed by atoms with Gasteiger partial charge in [0.25, 0.3) is 0 Å². The number of aromatic nitrogens is 2. The zero-order valence-electron chi connectivity index (χ0n) is 17.1. The fraction of sp³-hybridized carbons (Fsp3) is 0.550. The van der Waals surface area contributed by atoms with Gasteiger partial charge in [0, 0.05) is 32.4 Å². The van der Waals surface area contributed by atoms with Crippen LogP contribution in [0.3, 0.4) is 0 Å². The van der Waals surface area contributed by atoms with Crippen LogP contribution in [0.2, 0.25) is 0 Å². The van der Waals surface area contributed by atoms with Crippen LogP contribution >= 0.6 is 0 Å². The maximum Gasteiger partial charge on any atom is 0.246 e. The van der Waals surface area contributed by atoms with Crippen LogP contribution in [0.5, 0.6) is 0 Å². The molecule has 1 aliphatic carbocycles. The molecule has 160 valence electrons. The number of guanidine groups is 1. The van der Waals surface area contributed by atoms with Crippen molar-refractivity contribution < 1.29 is 8.42 Å². The second-order valence-electron chi connectivity index (χ2n) is 8.05. The fourth-order valence-corrected chi connectivity index (χ4v) is 5.65. The molecule has 3 aliphatic rings. The van der Waals surface area contributed by atoms with E-state index in [1.807, 2.05) is 0 Å². The van der Waals surface area contributed by atoms with Gasteiger partial charge in [0.1, 0.15) is 11.0 Å². The molecular formula is C20H27N7O2S. The first kappa shape index (κ1) is 20.6. The Balaban J connectivity index is 1.36. The maximum absolute atomic E-state index is 12.7. The molecule has 0 atom stereocenters. The van der Waals surface area contributed by atoms with Crippen LogP contribution < -0.4 is 10.6 Å². The van der Waals surface area contributed by atoms with Gasteiger partial charge in [-0.3, -0.25) is 4.68 Å². The summed E-state index contributed by atoms with van der Waals surface area (Å²) in [7, 11) is -1.81. The lowest BCUT2D eigenvalue weighted by atomic mass is 10.0. The summed E-state index contributed by atoms with van der Waals surface area (Å²) in [5.41, 5.74) is 1.36. The highest BCUT2D eigenvalue weighted by molar-refractivity contribution is 7.89. The van der Waals surface area contributed by atoms with Crippen molar-refractivity contribution in [2.45, 2.75) is 49.5 Å². The monoisotopic (exact) mass is 429 g/mol. The molecule has 0 unspecified atom stereocenters. The van der Waals surface area contributed by atoms with E-state index in [2.05, 4.69) is 32.9 Å². The highest BCUT2D eigenvalue weighted by Gasteiger charge is 2.31. The number of aryl methyl sites for hydroxylation is 1.